The molecule has 0 bridgehead atoms. The maximum absolute atomic E-state index is 11.9. The van der Waals surface area contributed by atoms with Crippen molar-refractivity contribution in [2.45, 2.75) is 26.2 Å². The van der Waals surface area contributed by atoms with E-state index in [1.807, 2.05) is 24.3 Å². The molecule has 5 heteroatoms. The van der Waals surface area contributed by atoms with Gasteiger partial charge in [-0.3, -0.25) is 9.59 Å². The van der Waals surface area contributed by atoms with Gasteiger partial charge in [0.25, 0.3) is 0 Å². The zero-order chi connectivity index (χ0) is 16.7. The molecule has 1 aromatic carbocycles. The van der Waals surface area contributed by atoms with Crippen LogP contribution in [0.25, 0.3) is 0 Å². The maximum atomic E-state index is 11.9. The van der Waals surface area contributed by atoms with Crippen LogP contribution in [0.4, 0.5) is 0 Å². The number of hydrogen-bond acceptors (Lipinski definition) is 3. The minimum absolute atomic E-state index is 0.0922. The summed E-state index contributed by atoms with van der Waals surface area (Å²) in [5, 5.41) is 0. The van der Waals surface area contributed by atoms with E-state index in [1.54, 1.807) is 21.1 Å². The monoisotopic (exact) mass is 306 g/mol. The molecular formula is C17H26N2O3. The molecule has 0 atom stereocenters. The van der Waals surface area contributed by atoms with Crippen LogP contribution in [0.5, 0.6) is 5.75 Å². The molecule has 0 aliphatic heterocycles. The van der Waals surface area contributed by atoms with Gasteiger partial charge in [-0.1, -0.05) is 26.0 Å². The van der Waals surface area contributed by atoms with Gasteiger partial charge in [0.05, 0.1) is 19.6 Å². The quantitative estimate of drug-likeness (QED) is 0.775. The van der Waals surface area contributed by atoms with Gasteiger partial charge < -0.3 is 14.5 Å². The lowest BCUT2D eigenvalue weighted by Crippen LogP contribution is -2.38. The van der Waals surface area contributed by atoms with Crippen LogP contribution >= 0.6 is 0 Å². The summed E-state index contributed by atoms with van der Waals surface area (Å²) < 4.78 is 5.57. The number of amides is 2. The summed E-state index contributed by atoms with van der Waals surface area (Å²) in [5.74, 6) is 1.04. The van der Waals surface area contributed by atoms with E-state index in [9.17, 15) is 9.59 Å². The van der Waals surface area contributed by atoms with Gasteiger partial charge in [0.15, 0.2) is 0 Å². The Hall–Kier alpha value is -2.04. The first-order valence-corrected chi connectivity index (χ1v) is 7.48. The first kappa shape index (κ1) is 18.0. The van der Waals surface area contributed by atoms with E-state index in [2.05, 4.69) is 13.8 Å². The number of carbonyl (C=O) groups excluding carboxylic acids is 2. The predicted octanol–water partition coefficient (Wildman–Crippen LogP) is 2.13. The number of nitrogens with zero attached hydrogens (tertiary/aromatic N) is 2. The number of ether oxygens (including phenoxy) is 1. The van der Waals surface area contributed by atoms with E-state index in [1.165, 1.54) is 15.4 Å². The van der Waals surface area contributed by atoms with Crippen molar-refractivity contribution in [2.75, 3.05) is 34.3 Å². The second kappa shape index (κ2) is 8.41. The van der Waals surface area contributed by atoms with Crippen LogP contribution in [0.1, 0.15) is 31.7 Å². The first-order valence-electron chi connectivity index (χ1n) is 7.48. The van der Waals surface area contributed by atoms with Gasteiger partial charge in [0.2, 0.25) is 11.8 Å². The number of likely N-dealkylation sites (N-methyl/N-ethyl adjacent to an activating group) is 2. The molecule has 22 heavy (non-hydrogen) atoms. The molecular weight excluding hydrogens is 280 g/mol. The number of carbonyl (C=O) groups is 2. The van der Waals surface area contributed by atoms with Crippen molar-refractivity contribution in [2.24, 2.45) is 0 Å². The Morgan fingerprint density at radius 2 is 1.64 bits per heavy atom. The molecule has 0 heterocycles. The van der Waals surface area contributed by atoms with E-state index in [4.69, 9.17) is 4.74 Å². The summed E-state index contributed by atoms with van der Waals surface area (Å²) in [7, 11) is 4.97. The summed E-state index contributed by atoms with van der Waals surface area (Å²) >= 11 is 0. The summed E-state index contributed by atoms with van der Waals surface area (Å²) in [4.78, 5) is 26.3. The van der Waals surface area contributed by atoms with Gasteiger partial charge in [0, 0.05) is 21.1 Å². The number of rotatable bonds is 7. The highest BCUT2D eigenvalue weighted by atomic mass is 16.5. The molecule has 5 nitrogen and oxygen atoms in total. The normalized spacial score (nSPS) is 10.5. The second-order valence-electron chi connectivity index (χ2n) is 5.86. The van der Waals surface area contributed by atoms with Crippen LogP contribution in [0.3, 0.4) is 0 Å². The van der Waals surface area contributed by atoms with Crippen LogP contribution < -0.4 is 4.74 Å². The molecule has 0 saturated heterocycles. The Labute approximate surface area is 132 Å². The fourth-order valence-electron chi connectivity index (χ4n) is 1.83. The maximum Gasteiger partial charge on any atom is 0.241 e. The zero-order valence-corrected chi connectivity index (χ0v) is 14.1. The van der Waals surface area contributed by atoms with Gasteiger partial charge in [-0.05, 0) is 23.6 Å². The summed E-state index contributed by atoms with van der Waals surface area (Å²) in [5.41, 5.74) is 1.25. The molecule has 2 amide bonds. The minimum atomic E-state index is -0.103. The van der Waals surface area contributed by atoms with E-state index >= 15 is 0 Å². The minimum Gasteiger partial charge on any atom is -0.493 e. The fourth-order valence-corrected chi connectivity index (χ4v) is 1.83. The number of benzene rings is 1. The smallest absolute Gasteiger partial charge is 0.241 e. The molecule has 1 aromatic rings. The fraction of sp³-hybridized carbons (Fsp3) is 0.529. The first-order chi connectivity index (χ1) is 10.3. The molecule has 0 saturated carbocycles. The third-order valence-electron chi connectivity index (χ3n) is 3.43. The Morgan fingerprint density at radius 3 is 2.14 bits per heavy atom. The van der Waals surface area contributed by atoms with Crippen LogP contribution in [-0.4, -0.2) is 55.9 Å². The third-order valence-corrected chi connectivity index (χ3v) is 3.43. The third kappa shape index (κ3) is 5.76. The van der Waals surface area contributed by atoms with Crippen molar-refractivity contribution < 1.29 is 14.3 Å². The van der Waals surface area contributed by atoms with Crippen LogP contribution in [-0.2, 0) is 9.59 Å². The molecule has 1 rings (SSSR count). The Morgan fingerprint density at radius 1 is 1.05 bits per heavy atom. The van der Waals surface area contributed by atoms with Crippen molar-refractivity contribution in [1.29, 1.82) is 0 Å². The van der Waals surface area contributed by atoms with Crippen molar-refractivity contribution in [1.82, 2.24) is 9.80 Å². The van der Waals surface area contributed by atoms with Crippen molar-refractivity contribution >= 4 is 11.8 Å². The van der Waals surface area contributed by atoms with Gasteiger partial charge in [-0.2, -0.15) is 0 Å². The largest absolute Gasteiger partial charge is 0.493 e. The van der Waals surface area contributed by atoms with Crippen molar-refractivity contribution in [3.8, 4) is 5.75 Å². The average molecular weight is 306 g/mol. The molecule has 0 aliphatic carbocycles. The predicted molar refractivity (Wildman–Crippen MR) is 87.0 cm³/mol. The molecule has 0 radical (unpaired) electrons. The van der Waals surface area contributed by atoms with Crippen LogP contribution in [0.15, 0.2) is 24.3 Å². The summed E-state index contributed by atoms with van der Waals surface area (Å²) in [6, 6.07) is 7.89. The molecule has 0 unspecified atom stereocenters. The topological polar surface area (TPSA) is 49.9 Å². The lowest BCUT2D eigenvalue weighted by molar-refractivity contribution is -0.138. The van der Waals surface area contributed by atoms with Crippen LogP contribution in [0.2, 0.25) is 0 Å². The van der Waals surface area contributed by atoms with Gasteiger partial charge >= 0.3 is 0 Å². The lowest BCUT2D eigenvalue weighted by atomic mass is 10.0. The molecule has 122 valence electrons. The van der Waals surface area contributed by atoms with Gasteiger partial charge in [-0.15, -0.1) is 0 Å². The highest BCUT2D eigenvalue weighted by Gasteiger charge is 2.14. The molecule has 0 N–H and O–H groups in total. The second-order valence-corrected chi connectivity index (χ2v) is 5.86. The van der Waals surface area contributed by atoms with Crippen LogP contribution in [0, 0.1) is 0 Å². The van der Waals surface area contributed by atoms with Gasteiger partial charge in [-0.25, -0.2) is 0 Å². The van der Waals surface area contributed by atoms with E-state index < -0.39 is 0 Å². The Bertz CT molecular complexity index is 495. The summed E-state index contributed by atoms with van der Waals surface area (Å²) in [6.07, 6.45) is 0.253. The average Bonchev–Trinajstić information content (AvgIpc) is 2.47. The zero-order valence-electron chi connectivity index (χ0n) is 14.1. The molecule has 0 fully saturated rings. The Balaban J connectivity index is 2.37. The Kier molecular flexibility index (Phi) is 6.89. The molecule has 0 aliphatic rings. The lowest BCUT2D eigenvalue weighted by Gasteiger charge is -2.19. The highest BCUT2D eigenvalue weighted by Crippen LogP contribution is 2.18. The standard InChI is InChI=1S/C17H26N2O3/c1-13(2)14-6-8-15(9-7-14)22-11-10-16(20)19(5)12-17(21)18(3)4/h6-9,13H,10-12H2,1-5H3. The van der Waals surface area contributed by atoms with Crippen molar-refractivity contribution in [3.05, 3.63) is 29.8 Å². The summed E-state index contributed by atoms with van der Waals surface area (Å²) in [6.45, 7) is 4.67. The number of hydrogen-bond donors (Lipinski definition) is 0. The van der Waals surface area contributed by atoms with Gasteiger partial charge in [0.1, 0.15) is 5.75 Å². The van der Waals surface area contributed by atoms with E-state index in [0.717, 1.165) is 5.75 Å². The van der Waals surface area contributed by atoms with E-state index in [0.29, 0.717) is 12.5 Å². The van der Waals surface area contributed by atoms with E-state index in [-0.39, 0.29) is 24.8 Å². The van der Waals surface area contributed by atoms with Crippen molar-refractivity contribution in [3.63, 3.8) is 0 Å². The molecule has 0 aromatic heterocycles. The highest BCUT2D eigenvalue weighted by molar-refractivity contribution is 5.84. The SMILES string of the molecule is CC(C)c1ccc(OCCC(=O)N(C)CC(=O)N(C)C)cc1. The molecule has 0 spiro atoms.